The number of hydrogen-bond acceptors (Lipinski definition) is 4. The van der Waals surface area contributed by atoms with Crippen LogP contribution in [0.2, 0.25) is 0 Å². The molecule has 1 rings (SSSR count). The summed E-state index contributed by atoms with van der Waals surface area (Å²) in [6.07, 6.45) is 1.45. The summed E-state index contributed by atoms with van der Waals surface area (Å²) in [4.78, 5) is 0. The van der Waals surface area contributed by atoms with Crippen LogP contribution in [-0.2, 0) is 17.1 Å². The number of halogens is 2. The van der Waals surface area contributed by atoms with Gasteiger partial charge in [-0.2, -0.15) is 0 Å². The minimum absolute atomic E-state index is 0.0234. The van der Waals surface area contributed by atoms with E-state index in [0.717, 1.165) is 6.42 Å². The Balaban J connectivity index is 2.83. The van der Waals surface area contributed by atoms with Gasteiger partial charge in [0.25, 0.3) is 10.0 Å². The lowest BCUT2D eigenvalue weighted by Crippen LogP contribution is -2.34. The molecule has 1 N–H and O–H groups in total. The van der Waals surface area contributed by atoms with E-state index in [-0.39, 0.29) is 15.7 Å². The monoisotopic (exact) mass is 344 g/mol. The number of nitrogens with zero attached hydrogens (tertiary/aromatic N) is 3. The van der Waals surface area contributed by atoms with Crippen LogP contribution >= 0.6 is 27.5 Å². The van der Waals surface area contributed by atoms with Gasteiger partial charge in [-0.05, 0) is 35.7 Å². The first-order valence-corrected chi connectivity index (χ1v) is 7.83. The van der Waals surface area contributed by atoms with E-state index in [1.54, 1.807) is 6.92 Å². The van der Waals surface area contributed by atoms with Crippen molar-refractivity contribution in [3.05, 3.63) is 4.60 Å². The fourth-order valence-electron chi connectivity index (χ4n) is 1.37. The van der Waals surface area contributed by atoms with Crippen molar-refractivity contribution in [1.29, 1.82) is 0 Å². The summed E-state index contributed by atoms with van der Waals surface area (Å²) in [6.45, 7) is 1.79. The molecule has 0 aliphatic rings. The van der Waals surface area contributed by atoms with Crippen molar-refractivity contribution in [2.45, 2.75) is 30.8 Å². The smallest absolute Gasteiger partial charge is 0.235 e. The van der Waals surface area contributed by atoms with Crippen LogP contribution in [0.25, 0.3) is 0 Å². The Bertz CT molecular complexity index is 456. The second kappa shape index (κ2) is 6.12. The van der Waals surface area contributed by atoms with E-state index in [9.17, 15) is 8.42 Å². The molecule has 1 aromatic rings. The molecule has 0 saturated heterocycles. The molecule has 17 heavy (non-hydrogen) atoms. The van der Waals surface area contributed by atoms with Gasteiger partial charge in [-0.1, -0.05) is 5.21 Å². The summed E-state index contributed by atoms with van der Waals surface area (Å²) in [5.74, 6) is 0.517. The first-order chi connectivity index (χ1) is 7.88. The number of aromatic nitrogens is 3. The lowest BCUT2D eigenvalue weighted by Gasteiger charge is -2.13. The van der Waals surface area contributed by atoms with Crippen molar-refractivity contribution in [3.63, 3.8) is 0 Å². The van der Waals surface area contributed by atoms with Crippen molar-refractivity contribution in [3.8, 4) is 0 Å². The first kappa shape index (κ1) is 14.9. The van der Waals surface area contributed by atoms with Crippen molar-refractivity contribution in [1.82, 2.24) is 19.7 Å². The summed E-state index contributed by atoms with van der Waals surface area (Å²) >= 11 is 8.62. The zero-order valence-electron chi connectivity index (χ0n) is 9.52. The van der Waals surface area contributed by atoms with E-state index in [0.29, 0.717) is 12.3 Å². The summed E-state index contributed by atoms with van der Waals surface area (Å²) in [6, 6.07) is -0.180. The van der Waals surface area contributed by atoms with E-state index in [2.05, 4.69) is 31.0 Å². The van der Waals surface area contributed by atoms with Gasteiger partial charge in [0.1, 0.15) is 0 Å². The van der Waals surface area contributed by atoms with Gasteiger partial charge in [-0.3, -0.25) is 0 Å². The zero-order valence-corrected chi connectivity index (χ0v) is 12.7. The standard InChI is InChI=1S/C8H14BrClN4O2S/c1-6(4-3-5-10)12-17(15,16)8-7(9)11-13-14(8)2/h6,12H,3-5H2,1-2H3. The molecule has 0 fully saturated rings. The number of rotatable bonds is 6. The van der Waals surface area contributed by atoms with Crippen LogP contribution in [-0.4, -0.2) is 35.3 Å². The Morgan fingerprint density at radius 2 is 2.24 bits per heavy atom. The number of sulfonamides is 1. The molecule has 6 nitrogen and oxygen atoms in total. The maximum Gasteiger partial charge on any atom is 0.260 e. The van der Waals surface area contributed by atoms with Gasteiger partial charge < -0.3 is 0 Å². The molecule has 0 saturated carbocycles. The lowest BCUT2D eigenvalue weighted by molar-refractivity contribution is 0.530. The molecule has 1 heterocycles. The van der Waals surface area contributed by atoms with Crippen LogP contribution < -0.4 is 4.72 Å². The minimum atomic E-state index is -3.61. The van der Waals surface area contributed by atoms with Gasteiger partial charge in [0.15, 0.2) is 4.60 Å². The number of hydrogen-bond donors (Lipinski definition) is 1. The summed E-state index contributed by atoms with van der Waals surface area (Å²) in [5, 5.41) is 7.30. The number of alkyl halides is 1. The van der Waals surface area contributed by atoms with Gasteiger partial charge in [-0.15, -0.1) is 16.7 Å². The molecular formula is C8H14BrClN4O2S. The highest BCUT2D eigenvalue weighted by Crippen LogP contribution is 2.18. The predicted octanol–water partition coefficient (Wildman–Crippen LogP) is 1.26. The van der Waals surface area contributed by atoms with E-state index < -0.39 is 10.0 Å². The molecule has 0 radical (unpaired) electrons. The first-order valence-electron chi connectivity index (χ1n) is 5.02. The van der Waals surface area contributed by atoms with Gasteiger partial charge in [-0.25, -0.2) is 17.8 Å². The summed E-state index contributed by atoms with van der Waals surface area (Å²) in [5.41, 5.74) is 0. The van der Waals surface area contributed by atoms with E-state index in [4.69, 9.17) is 11.6 Å². The number of aryl methyl sites for hydroxylation is 1. The molecule has 0 spiro atoms. The van der Waals surface area contributed by atoms with Crippen LogP contribution in [0.4, 0.5) is 0 Å². The molecule has 0 aliphatic heterocycles. The highest BCUT2D eigenvalue weighted by atomic mass is 79.9. The molecule has 9 heteroatoms. The number of nitrogens with one attached hydrogen (secondary N) is 1. The third-order valence-electron chi connectivity index (χ3n) is 2.12. The maximum atomic E-state index is 12.0. The van der Waals surface area contributed by atoms with Crippen LogP contribution in [0.5, 0.6) is 0 Å². The van der Waals surface area contributed by atoms with E-state index in [1.807, 2.05) is 0 Å². The van der Waals surface area contributed by atoms with Gasteiger partial charge in [0.2, 0.25) is 5.03 Å². The van der Waals surface area contributed by atoms with Gasteiger partial charge in [0, 0.05) is 19.0 Å². The minimum Gasteiger partial charge on any atom is -0.235 e. The highest BCUT2D eigenvalue weighted by molar-refractivity contribution is 9.10. The molecule has 0 bridgehead atoms. The lowest BCUT2D eigenvalue weighted by atomic mass is 10.2. The normalized spacial score (nSPS) is 13.9. The maximum absolute atomic E-state index is 12.0. The van der Waals surface area contributed by atoms with Crippen LogP contribution in [0, 0.1) is 0 Å². The Kier molecular flexibility index (Phi) is 5.36. The molecular weight excluding hydrogens is 332 g/mol. The van der Waals surface area contributed by atoms with Gasteiger partial charge >= 0.3 is 0 Å². The second-order valence-electron chi connectivity index (χ2n) is 3.66. The van der Waals surface area contributed by atoms with Gasteiger partial charge in [0.05, 0.1) is 0 Å². The molecule has 0 aliphatic carbocycles. The summed E-state index contributed by atoms with van der Waals surface area (Å²) in [7, 11) is -2.09. The molecule has 0 amide bonds. The Hall–Kier alpha value is -0.180. The third kappa shape index (κ3) is 3.90. The Morgan fingerprint density at radius 1 is 1.59 bits per heavy atom. The molecule has 1 aromatic heterocycles. The fraction of sp³-hybridized carbons (Fsp3) is 0.750. The third-order valence-corrected chi connectivity index (χ3v) is 4.86. The topological polar surface area (TPSA) is 76.9 Å². The van der Waals surface area contributed by atoms with E-state index in [1.165, 1.54) is 11.7 Å². The van der Waals surface area contributed by atoms with Crippen molar-refractivity contribution >= 4 is 37.6 Å². The van der Waals surface area contributed by atoms with Crippen molar-refractivity contribution in [2.24, 2.45) is 7.05 Å². The largest absolute Gasteiger partial charge is 0.260 e. The molecule has 0 aromatic carbocycles. The van der Waals surface area contributed by atoms with E-state index >= 15 is 0 Å². The SMILES string of the molecule is CC(CCCCl)NS(=O)(=O)c1c(Br)nnn1C. The fourth-order valence-corrected chi connectivity index (χ4v) is 3.90. The predicted molar refractivity (Wildman–Crippen MR) is 68.4 cm³/mol. The highest BCUT2D eigenvalue weighted by Gasteiger charge is 2.25. The van der Waals surface area contributed by atoms with Crippen molar-refractivity contribution in [2.75, 3.05) is 5.88 Å². The molecule has 98 valence electrons. The zero-order chi connectivity index (χ0) is 13.1. The average molecular weight is 346 g/mol. The quantitative estimate of drug-likeness (QED) is 0.788. The second-order valence-corrected chi connectivity index (χ2v) is 6.42. The Morgan fingerprint density at radius 3 is 2.71 bits per heavy atom. The Labute approximate surface area is 114 Å². The molecule has 1 atom stereocenters. The summed E-state index contributed by atoms with van der Waals surface area (Å²) < 4.78 is 28.0. The van der Waals surface area contributed by atoms with Crippen LogP contribution in [0.15, 0.2) is 9.63 Å². The molecule has 1 unspecified atom stereocenters. The average Bonchev–Trinajstić information content (AvgIpc) is 2.55. The van der Waals surface area contributed by atoms with Crippen LogP contribution in [0.3, 0.4) is 0 Å². The van der Waals surface area contributed by atoms with Crippen molar-refractivity contribution < 1.29 is 8.42 Å². The van der Waals surface area contributed by atoms with Crippen LogP contribution in [0.1, 0.15) is 19.8 Å².